The van der Waals surface area contributed by atoms with Gasteiger partial charge in [-0.15, -0.1) is 11.3 Å². The lowest BCUT2D eigenvalue weighted by atomic mass is 10.2. The SMILES string of the molecule is CC(=O)N(c1nc(/C=C2/N=C(c3ccccc3F)OC2=O)cs1)c1ccc(F)cc1F. The van der Waals surface area contributed by atoms with Crippen LogP contribution in [-0.4, -0.2) is 22.8 Å². The predicted octanol–water partition coefficient (Wildman–Crippen LogP) is 4.59. The molecule has 0 unspecified atom stereocenters. The molecule has 0 saturated carbocycles. The number of nitrogens with zero attached hydrogens (tertiary/aromatic N) is 3. The molecule has 31 heavy (non-hydrogen) atoms. The summed E-state index contributed by atoms with van der Waals surface area (Å²) in [6.07, 6.45) is 1.30. The topological polar surface area (TPSA) is 71.9 Å². The Morgan fingerprint density at radius 2 is 1.90 bits per heavy atom. The lowest BCUT2D eigenvalue weighted by molar-refractivity contribution is -0.130. The van der Waals surface area contributed by atoms with Crippen LogP contribution in [-0.2, 0) is 14.3 Å². The van der Waals surface area contributed by atoms with Crippen LogP contribution in [0.3, 0.4) is 0 Å². The van der Waals surface area contributed by atoms with E-state index < -0.39 is 29.3 Å². The Bertz CT molecular complexity index is 1270. The summed E-state index contributed by atoms with van der Waals surface area (Å²) >= 11 is 1.01. The van der Waals surface area contributed by atoms with E-state index in [1.165, 1.54) is 36.6 Å². The maximum Gasteiger partial charge on any atom is 0.363 e. The molecule has 0 spiro atoms. The van der Waals surface area contributed by atoms with Gasteiger partial charge in [-0.1, -0.05) is 12.1 Å². The molecule has 1 aromatic heterocycles. The van der Waals surface area contributed by atoms with Crippen LogP contribution in [0.15, 0.2) is 58.5 Å². The van der Waals surface area contributed by atoms with Gasteiger partial charge in [-0.05, 0) is 30.3 Å². The first-order chi connectivity index (χ1) is 14.8. The molecule has 0 saturated heterocycles. The molecule has 3 aromatic rings. The molecule has 0 radical (unpaired) electrons. The van der Waals surface area contributed by atoms with Gasteiger partial charge in [0.2, 0.25) is 11.8 Å². The van der Waals surface area contributed by atoms with E-state index in [9.17, 15) is 22.8 Å². The monoisotopic (exact) mass is 443 g/mol. The third-order valence-electron chi connectivity index (χ3n) is 4.18. The van der Waals surface area contributed by atoms with Crippen LogP contribution < -0.4 is 4.90 Å². The summed E-state index contributed by atoms with van der Waals surface area (Å²) in [5.74, 6) is -3.81. The number of carbonyl (C=O) groups excluding carboxylic acids is 2. The number of aliphatic imine (C=N–C) groups is 1. The van der Waals surface area contributed by atoms with Crippen molar-refractivity contribution in [2.24, 2.45) is 4.99 Å². The molecule has 1 aliphatic rings. The number of aromatic nitrogens is 1. The van der Waals surface area contributed by atoms with Crippen LogP contribution in [0, 0.1) is 17.5 Å². The minimum Gasteiger partial charge on any atom is -0.402 e. The number of rotatable bonds is 4. The molecule has 0 bridgehead atoms. The largest absolute Gasteiger partial charge is 0.402 e. The van der Waals surface area contributed by atoms with E-state index in [2.05, 4.69) is 9.98 Å². The molecule has 0 fully saturated rings. The number of ether oxygens (including phenoxy) is 1. The number of hydrogen-bond donors (Lipinski definition) is 0. The molecule has 6 nitrogen and oxygen atoms in total. The third-order valence-corrected chi connectivity index (χ3v) is 5.02. The summed E-state index contributed by atoms with van der Waals surface area (Å²) in [6.45, 7) is 1.21. The molecule has 4 rings (SSSR count). The zero-order chi connectivity index (χ0) is 22.1. The maximum atomic E-state index is 14.2. The zero-order valence-corrected chi connectivity index (χ0v) is 16.6. The minimum atomic E-state index is -0.927. The molecule has 156 valence electrons. The van der Waals surface area contributed by atoms with Crippen LogP contribution >= 0.6 is 11.3 Å². The number of carbonyl (C=O) groups is 2. The Kier molecular flexibility index (Phi) is 5.38. The number of anilines is 2. The van der Waals surface area contributed by atoms with Crippen LogP contribution in [0.25, 0.3) is 6.08 Å². The van der Waals surface area contributed by atoms with Crippen LogP contribution in [0.4, 0.5) is 24.0 Å². The highest BCUT2D eigenvalue weighted by atomic mass is 32.1. The van der Waals surface area contributed by atoms with Gasteiger partial charge in [0.05, 0.1) is 16.9 Å². The number of hydrogen-bond acceptors (Lipinski definition) is 6. The normalized spacial score (nSPS) is 14.5. The number of amides is 1. The van der Waals surface area contributed by atoms with E-state index in [0.717, 1.165) is 28.4 Å². The van der Waals surface area contributed by atoms with Gasteiger partial charge in [-0.25, -0.2) is 27.9 Å². The summed E-state index contributed by atoms with van der Waals surface area (Å²) in [6, 6.07) is 8.53. The maximum absolute atomic E-state index is 14.2. The second-order valence-electron chi connectivity index (χ2n) is 6.32. The van der Waals surface area contributed by atoms with Gasteiger partial charge < -0.3 is 4.74 Å². The van der Waals surface area contributed by atoms with Crippen molar-refractivity contribution >= 4 is 46.0 Å². The summed E-state index contributed by atoms with van der Waals surface area (Å²) in [5.41, 5.74) is 0.00652. The fraction of sp³-hybridized carbons (Fsp3) is 0.0476. The molecule has 0 N–H and O–H groups in total. The lowest BCUT2D eigenvalue weighted by Crippen LogP contribution is -2.23. The van der Waals surface area contributed by atoms with Gasteiger partial charge in [-0.2, -0.15) is 0 Å². The van der Waals surface area contributed by atoms with Gasteiger partial charge in [-0.3, -0.25) is 9.69 Å². The predicted molar refractivity (Wildman–Crippen MR) is 108 cm³/mol. The van der Waals surface area contributed by atoms with Gasteiger partial charge in [0.1, 0.15) is 17.5 Å². The standard InChI is InChI=1S/C21H12F3N3O3S/c1-11(28)27(18-7-6-12(22)8-16(18)24)21-25-13(10-31-21)9-17-20(29)30-19(26-17)14-4-2-3-5-15(14)23/h2-10H,1H3/b17-9+. The second kappa shape index (κ2) is 8.15. The third kappa shape index (κ3) is 4.10. The number of halogens is 3. The van der Waals surface area contributed by atoms with Gasteiger partial charge in [0.25, 0.3) is 0 Å². The summed E-state index contributed by atoms with van der Waals surface area (Å²) in [4.78, 5) is 33.4. The van der Waals surface area contributed by atoms with Gasteiger partial charge in [0, 0.05) is 18.4 Å². The van der Waals surface area contributed by atoms with Crippen molar-refractivity contribution in [3.63, 3.8) is 0 Å². The van der Waals surface area contributed by atoms with E-state index >= 15 is 0 Å². The number of thiazole rings is 1. The highest BCUT2D eigenvalue weighted by molar-refractivity contribution is 7.14. The van der Waals surface area contributed by atoms with E-state index in [1.807, 2.05) is 0 Å². The van der Waals surface area contributed by atoms with Crippen LogP contribution in [0.1, 0.15) is 18.2 Å². The van der Waals surface area contributed by atoms with Crippen molar-refractivity contribution in [1.82, 2.24) is 4.98 Å². The summed E-state index contributed by atoms with van der Waals surface area (Å²) in [7, 11) is 0. The fourth-order valence-electron chi connectivity index (χ4n) is 2.81. The number of cyclic esters (lactones) is 1. The van der Waals surface area contributed by atoms with E-state index in [4.69, 9.17) is 4.74 Å². The molecule has 1 aliphatic heterocycles. The van der Waals surface area contributed by atoms with Crippen LogP contribution in [0.2, 0.25) is 0 Å². The molecule has 1 amide bonds. The minimum absolute atomic E-state index is 0.0350. The van der Waals surface area contributed by atoms with Crippen molar-refractivity contribution in [2.45, 2.75) is 6.92 Å². The van der Waals surface area contributed by atoms with E-state index in [-0.39, 0.29) is 33.7 Å². The van der Waals surface area contributed by atoms with Gasteiger partial charge >= 0.3 is 5.97 Å². The Hall–Kier alpha value is -3.79. The lowest BCUT2D eigenvalue weighted by Gasteiger charge is -2.18. The first-order valence-electron chi connectivity index (χ1n) is 8.82. The first-order valence-corrected chi connectivity index (χ1v) is 9.70. The zero-order valence-electron chi connectivity index (χ0n) is 15.8. The summed E-state index contributed by atoms with van der Waals surface area (Å²) < 4.78 is 46.4. The number of benzene rings is 2. The Balaban J connectivity index is 1.66. The number of esters is 1. The Morgan fingerprint density at radius 3 is 2.61 bits per heavy atom. The molecule has 0 aliphatic carbocycles. The van der Waals surface area contributed by atoms with E-state index in [0.29, 0.717) is 6.07 Å². The van der Waals surface area contributed by atoms with Crippen molar-refractivity contribution in [1.29, 1.82) is 0 Å². The smallest absolute Gasteiger partial charge is 0.363 e. The van der Waals surface area contributed by atoms with Crippen molar-refractivity contribution in [2.75, 3.05) is 4.90 Å². The van der Waals surface area contributed by atoms with E-state index in [1.54, 1.807) is 6.07 Å². The van der Waals surface area contributed by atoms with Crippen molar-refractivity contribution < 1.29 is 27.5 Å². The molecule has 0 atom stereocenters. The highest BCUT2D eigenvalue weighted by Gasteiger charge is 2.27. The quantitative estimate of drug-likeness (QED) is 0.437. The van der Waals surface area contributed by atoms with Gasteiger partial charge in [0.15, 0.2) is 10.8 Å². The van der Waals surface area contributed by atoms with Crippen molar-refractivity contribution in [3.05, 3.63) is 82.3 Å². The second-order valence-corrected chi connectivity index (χ2v) is 7.16. The fourth-order valence-corrected chi connectivity index (χ4v) is 3.65. The Labute approximate surface area is 177 Å². The molecule has 10 heteroatoms. The van der Waals surface area contributed by atoms with Crippen LogP contribution in [0.5, 0.6) is 0 Å². The first kappa shape index (κ1) is 20.5. The molecular formula is C21H12F3N3O3S. The molecule has 2 aromatic carbocycles. The average Bonchev–Trinajstić information content (AvgIpc) is 3.31. The summed E-state index contributed by atoms with van der Waals surface area (Å²) in [5, 5.41) is 1.62. The molecule has 2 heterocycles. The van der Waals surface area contributed by atoms with Crippen molar-refractivity contribution in [3.8, 4) is 0 Å². The Morgan fingerprint density at radius 1 is 1.13 bits per heavy atom. The average molecular weight is 443 g/mol. The highest BCUT2D eigenvalue weighted by Crippen LogP contribution is 2.32. The molecular weight excluding hydrogens is 431 g/mol.